The summed E-state index contributed by atoms with van der Waals surface area (Å²) in [7, 11) is 0. The van der Waals surface area contributed by atoms with E-state index in [9.17, 15) is 4.79 Å². The quantitative estimate of drug-likeness (QED) is 0.562. The van der Waals surface area contributed by atoms with Crippen LogP contribution in [0.1, 0.15) is 47.4 Å². The maximum Gasteiger partial charge on any atom is 0.273 e. The molecule has 0 radical (unpaired) electrons. The lowest BCUT2D eigenvalue weighted by Crippen LogP contribution is -2.59. The summed E-state index contributed by atoms with van der Waals surface area (Å²) < 4.78 is 7.61. The van der Waals surface area contributed by atoms with Gasteiger partial charge in [-0.1, -0.05) is 47.7 Å². The fraction of sp³-hybridized carbons (Fsp3) is 0.400. The van der Waals surface area contributed by atoms with Crippen molar-refractivity contribution in [3.8, 4) is 5.75 Å². The van der Waals surface area contributed by atoms with Crippen LogP contribution in [0.4, 0.5) is 0 Å². The minimum Gasteiger partial charge on any atom is -0.489 e. The minimum atomic E-state index is -0.132. The highest BCUT2D eigenvalue weighted by molar-refractivity contribution is 5.92. The summed E-state index contributed by atoms with van der Waals surface area (Å²) in [5.41, 5.74) is 2.82. The maximum absolute atomic E-state index is 12.5. The third-order valence-electron chi connectivity index (χ3n) is 6.32. The first kappa shape index (κ1) is 20.7. The number of nitrogens with one attached hydrogen (secondary N) is 1. The Kier molecular flexibility index (Phi) is 5.90. The zero-order valence-electron chi connectivity index (χ0n) is 18.4. The Morgan fingerprint density at radius 2 is 1.88 bits per heavy atom. The second kappa shape index (κ2) is 9.12. The molecule has 1 amide bonds. The van der Waals surface area contributed by atoms with Gasteiger partial charge in [-0.3, -0.25) is 14.4 Å². The number of carbonyl (C=O) groups excluding carboxylic acids is 1. The number of carbonyl (C=O) groups is 1. The van der Waals surface area contributed by atoms with Gasteiger partial charge in [0.1, 0.15) is 12.4 Å². The summed E-state index contributed by atoms with van der Waals surface area (Å²) in [4.78, 5) is 14.8. The van der Waals surface area contributed by atoms with Crippen LogP contribution in [0.5, 0.6) is 5.75 Å². The van der Waals surface area contributed by atoms with Crippen molar-refractivity contribution < 1.29 is 9.53 Å². The number of hydrogen-bond acceptors (Lipinski definition) is 5. The molecule has 2 aromatic carbocycles. The van der Waals surface area contributed by atoms with Crippen molar-refractivity contribution in [3.05, 3.63) is 77.6 Å². The van der Waals surface area contributed by atoms with Crippen molar-refractivity contribution in [1.29, 1.82) is 0 Å². The Labute approximate surface area is 188 Å². The summed E-state index contributed by atoms with van der Waals surface area (Å²) in [6, 6.07) is 18.9. The van der Waals surface area contributed by atoms with Gasteiger partial charge in [-0.05, 0) is 48.9 Å². The molecular weight excluding hydrogens is 402 g/mol. The van der Waals surface area contributed by atoms with E-state index in [1.54, 1.807) is 10.9 Å². The lowest BCUT2D eigenvalue weighted by atomic mass is 9.99. The van der Waals surface area contributed by atoms with Gasteiger partial charge in [-0.15, -0.1) is 5.10 Å². The average Bonchev–Trinajstić information content (AvgIpc) is 3.49. The standard InChI is InChI=1S/C25H29N5O2/c1-18(21-11-9-20(10-12-21)17-32-23-5-3-2-4-6-23)29-14-22(15-29)26-25(31)24-16-30(28-27-24)13-19-7-8-19/h2-6,9-12,16,18-19,22H,7-8,13-15,17H2,1H3,(H,26,31). The van der Waals surface area contributed by atoms with E-state index in [2.05, 4.69) is 51.7 Å². The number of para-hydroxylation sites is 1. The molecule has 1 aliphatic heterocycles. The van der Waals surface area contributed by atoms with E-state index in [-0.39, 0.29) is 11.9 Å². The van der Waals surface area contributed by atoms with E-state index >= 15 is 0 Å². The Morgan fingerprint density at radius 3 is 2.59 bits per heavy atom. The number of amides is 1. The molecule has 1 unspecified atom stereocenters. The molecule has 3 aromatic rings. The Bertz CT molecular complexity index is 1040. The highest BCUT2D eigenvalue weighted by Crippen LogP contribution is 2.30. The van der Waals surface area contributed by atoms with Crippen LogP contribution in [0, 0.1) is 5.92 Å². The van der Waals surface area contributed by atoms with Crippen molar-refractivity contribution in [2.45, 2.75) is 45.0 Å². The van der Waals surface area contributed by atoms with Crippen molar-refractivity contribution in [1.82, 2.24) is 25.2 Å². The zero-order chi connectivity index (χ0) is 21.9. The normalized spacial score (nSPS) is 17.5. The van der Waals surface area contributed by atoms with Gasteiger partial charge in [0.15, 0.2) is 5.69 Å². The summed E-state index contributed by atoms with van der Waals surface area (Å²) in [6.45, 7) is 5.30. The third-order valence-corrected chi connectivity index (χ3v) is 6.32. The molecule has 1 atom stereocenters. The molecule has 1 saturated carbocycles. The lowest BCUT2D eigenvalue weighted by molar-refractivity contribution is 0.0672. The molecule has 166 valence electrons. The predicted molar refractivity (Wildman–Crippen MR) is 121 cm³/mol. The zero-order valence-corrected chi connectivity index (χ0v) is 18.4. The van der Waals surface area contributed by atoms with E-state index in [1.165, 1.54) is 18.4 Å². The van der Waals surface area contributed by atoms with Crippen LogP contribution in [0.25, 0.3) is 0 Å². The number of aromatic nitrogens is 3. The second-order valence-corrected chi connectivity index (χ2v) is 8.91. The fourth-order valence-corrected chi connectivity index (χ4v) is 4.02. The number of hydrogen-bond donors (Lipinski definition) is 1. The van der Waals surface area contributed by atoms with Crippen LogP contribution >= 0.6 is 0 Å². The fourth-order valence-electron chi connectivity index (χ4n) is 4.02. The molecule has 1 aliphatic carbocycles. The summed E-state index contributed by atoms with van der Waals surface area (Å²) in [6.07, 6.45) is 4.26. The van der Waals surface area contributed by atoms with Gasteiger partial charge in [0.25, 0.3) is 5.91 Å². The van der Waals surface area contributed by atoms with Crippen molar-refractivity contribution in [3.63, 3.8) is 0 Å². The number of ether oxygens (including phenoxy) is 1. The second-order valence-electron chi connectivity index (χ2n) is 8.91. The summed E-state index contributed by atoms with van der Waals surface area (Å²) >= 11 is 0. The SMILES string of the molecule is CC(c1ccc(COc2ccccc2)cc1)N1CC(NC(=O)c2cn(CC3CC3)nn2)C1. The van der Waals surface area contributed by atoms with Gasteiger partial charge < -0.3 is 10.1 Å². The van der Waals surface area contributed by atoms with Crippen LogP contribution in [0.2, 0.25) is 0 Å². The van der Waals surface area contributed by atoms with Crippen molar-refractivity contribution in [2.24, 2.45) is 5.92 Å². The van der Waals surface area contributed by atoms with E-state index in [0.29, 0.717) is 24.3 Å². The van der Waals surface area contributed by atoms with Gasteiger partial charge in [0.2, 0.25) is 0 Å². The molecule has 5 rings (SSSR count). The van der Waals surface area contributed by atoms with Crippen molar-refractivity contribution in [2.75, 3.05) is 13.1 Å². The van der Waals surface area contributed by atoms with Crippen molar-refractivity contribution >= 4 is 5.91 Å². The van der Waals surface area contributed by atoms with Crippen LogP contribution in [-0.2, 0) is 13.2 Å². The van der Waals surface area contributed by atoms with Gasteiger partial charge in [-0.2, -0.15) is 0 Å². The third kappa shape index (κ3) is 4.99. The van der Waals surface area contributed by atoms with Crippen LogP contribution in [0.3, 0.4) is 0 Å². The average molecular weight is 432 g/mol. The molecule has 7 heteroatoms. The largest absolute Gasteiger partial charge is 0.489 e. The molecule has 1 aromatic heterocycles. The topological polar surface area (TPSA) is 72.3 Å². The molecule has 2 aliphatic rings. The molecule has 0 spiro atoms. The first-order valence-electron chi connectivity index (χ1n) is 11.4. The van der Waals surface area contributed by atoms with Crippen LogP contribution in [-0.4, -0.2) is 44.9 Å². The number of rotatable bonds is 9. The van der Waals surface area contributed by atoms with Gasteiger partial charge >= 0.3 is 0 Å². The molecule has 0 bridgehead atoms. The number of nitrogens with zero attached hydrogens (tertiary/aromatic N) is 4. The maximum atomic E-state index is 12.5. The first-order chi connectivity index (χ1) is 15.6. The molecular formula is C25H29N5O2. The van der Waals surface area contributed by atoms with Crippen LogP contribution in [0.15, 0.2) is 60.8 Å². The highest BCUT2D eigenvalue weighted by atomic mass is 16.5. The monoisotopic (exact) mass is 431 g/mol. The van der Waals surface area contributed by atoms with Gasteiger partial charge in [-0.25, -0.2) is 0 Å². The Hall–Kier alpha value is -3.19. The van der Waals surface area contributed by atoms with E-state index in [0.717, 1.165) is 30.9 Å². The Balaban J connectivity index is 1.07. The molecule has 32 heavy (non-hydrogen) atoms. The summed E-state index contributed by atoms with van der Waals surface area (Å²) in [5.74, 6) is 1.45. The van der Waals surface area contributed by atoms with E-state index < -0.39 is 0 Å². The molecule has 2 heterocycles. The number of likely N-dealkylation sites (tertiary alicyclic amines) is 1. The number of benzene rings is 2. The molecule has 1 saturated heterocycles. The molecule has 2 fully saturated rings. The van der Waals surface area contributed by atoms with Gasteiger partial charge in [0, 0.05) is 25.7 Å². The minimum absolute atomic E-state index is 0.132. The molecule has 1 N–H and O–H groups in total. The highest BCUT2D eigenvalue weighted by Gasteiger charge is 2.32. The van der Waals surface area contributed by atoms with E-state index in [1.807, 2.05) is 30.3 Å². The Morgan fingerprint density at radius 1 is 1.12 bits per heavy atom. The smallest absolute Gasteiger partial charge is 0.273 e. The first-order valence-corrected chi connectivity index (χ1v) is 11.4. The molecule has 7 nitrogen and oxygen atoms in total. The van der Waals surface area contributed by atoms with Gasteiger partial charge in [0.05, 0.1) is 12.2 Å². The van der Waals surface area contributed by atoms with Crippen LogP contribution < -0.4 is 10.1 Å². The van der Waals surface area contributed by atoms with E-state index in [4.69, 9.17) is 4.74 Å². The lowest BCUT2D eigenvalue weighted by Gasteiger charge is -2.43. The summed E-state index contributed by atoms with van der Waals surface area (Å²) in [5, 5.41) is 11.2. The predicted octanol–water partition coefficient (Wildman–Crippen LogP) is 3.44.